The molecule has 86 valence electrons. The van der Waals surface area contributed by atoms with Gasteiger partial charge in [-0.3, -0.25) is 4.55 Å². The van der Waals surface area contributed by atoms with E-state index < -0.39 is 10.1 Å². The minimum Gasteiger partial charge on any atom is -0.464 e. The smallest absolute Gasteiger partial charge is 0.312 e. The summed E-state index contributed by atoms with van der Waals surface area (Å²) in [5, 5.41) is 1.01. The lowest BCUT2D eigenvalue weighted by Gasteiger charge is -1.96. The summed E-state index contributed by atoms with van der Waals surface area (Å²) in [6, 6.07) is 8.23. The Morgan fingerprint density at radius 3 is 2.82 bits per heavy atom. The van der Waals surface area contributed by atoms with Gasteiger partial charge in [0.2, 0.25) is 0 Å². The van der Waals surface area contributed by atoms with E-state index in [-0.39, 0.29) is 5.03 Å². The SMILES string of the molecule is O=S(=O)(O)c1cc2ccc3occcc3c2n1. The fourth-order valence-electron chi connectivity index (χ4n) is 1.77. The molecule has 3 aromatic rings. The van der Waals surface area contributed by atoms with E-state index in [2.05, 4.69) is 4.98 Å². The van der Waals surface area contributed by atoms with E-state index in [1.165, 1.54) is 12.3 Å². The maximum atomic E-state index is 11.0. The Morgan fingerprint density at radius 1 is 1.24 bits per heavy atom. The number of nitrogens with zero attached hydrogens (tertiary/aromatic N) is 1. The van der Waals surface area contributed by atoms with E-state index >= 15 is 0 Å². The van der Waals surface area contributed by atoms with Crippen LogP contribution in [0.15, 0.2) is 46.0 Å². The molecule has 17 heavy (non-hydrogen) atoms. The molecule has 0 amide bonds. The van der Waals surface area contributed by atoms with Gasteiger partial charge >= 0.3 is 10.1 Å². The van der Waals surface area contributed by atoms with Crippen LogP contribution in [-0.2, 0) is 10.1 Å². The maximum Gasteiger partial charge on any atom is 0.312 e. The zero-order valence-corrected chi connectivity index (χ0v) is 9.31. The quantitative estimate of drug-likeness (QED) is 0.669. The van der Waals surface area contributed by atoms with Crippen LogP contribution in [0.5, 0.6) is 0 Å². The minimum absolute atomic E-state index is 0.344. The van der Waals surface area contributed by atoms with Crippen LogP contribution in [0.3, 0.4) is 0 Å². The van der Waals surface area contributed by atoms with Gasteiger partial charge in [-0.15, -0.1) is 0 Å². The van der Waals surface area contributed by atoms with Gasteiger partial charge < -0.3 is 4.42 Å². The first-order chi connectivity index (χ1) is 8.05. The van der Waals surface area contributed by atoms with Gasteiger partial charge in [-0.1, -0.05) is 0 Å². The van der Waals surface area contributed by atoms with E-state index in [0.717, 1.165) is 0 Å². The molecule has 1 aromatic carbocycles. The first kappa shape index (κ1) is 10.2. The summed E-state index contributed by atoms with van der Waals surface area (Å²) in [5.74, 6) is 0. The summed E-state index contributed by atoms with van der Waals surface area (Å²) in [6.07, 6.45) is 1.53. The highest BCUT2D eigenvalue weighted by Gasteiger charge is 2.16. The molecule has 0 fully saturated rings. The fourth-order valence-corrected chi connectivity index (χ4v) is 2.25. The van der Waals surface area contributed by atoms with Gasteiger partial charge in [0, 0.05) is 10.8 Å². The molecule has 0 saturated heterocycles. The molecule has 5 nitrogen and oxygen atoms in total. The summed E-state index contributed by atoms with van der Waals surface area (Å²) in [5.41, 5.74) is 1.11. The van der Waals surface area contributed by atoms with E-state index in [0.29, 0.717) is 21.9 Å². The van der Waals surface area contributed by atoms with Crippen molar-refractivity contribution < 1.29 is 17.4 Å². The molecule has 2 heterocycles. The molecule has 0 aliphatic carbocycles. The van der Waals surface area contributed by atoms with Crippen LogP contribution >= 0.6 is 0 Å². The van der Waals surface area contributed by atoms with Crippen LogP contribution in [0.25, 0.3) is 21.9 Å². The van der Waals surface area contributed by atoms with Crippen molar-refractivity contribution in [3.63, 3.8) is 0 Å². The standard InChI is InChI=1S/C11H7NO4S/c13-17(14,15)10-6-7-3-4-9-8(11(7)12-10)2-1-5-16-9/h1-6H,(H,13,14,15). The maximum absolute atomic E-state index is 11.0. The zero-order valence-electron chi connectivity index (χ0n) is 8.49. The topological polar surface area (TPSA) is 80.4 Å². The Hall–Kier alpha value is -1.92. The summed E-state index contributed by atoms with van der Waals surface area (Å²) in [7, 11) is -4.28. The number of fused-ring (bicyclic) bond motifs is 3. The molecule has 2 aromatic heterocycles. The van der Waals surface area contributed by atoms with Crippen molar-refractivity contribution >= 4 is 32.0 Å². The lowest BCUT2D eigenvalue weighted by atomic mass is 10.2. The first-order valence-electron chi connectivity index (χ1n) is 4.80. The van der Waals surface area contributed by atoms with Crippen LogP contribution in [-0.4, -0.2) is 18.0 Å². The van der Waals surface area contributed by atoms with E-state index in [9.17, 15) is 8.42 Å². The average Bonchev–Trinajstić information content (AvgIpc) is 2.72. The Bertz CT molecular complexity index is 820. The lowest BCUT2D eigenvalue weighted by molar-refractivity contribution is 0.480. The van der Waals surface area contributed by atoms with Crippen LogP contribution < -0.4 is 0 Å². The average molecular weight is 249 g/mol. The Labute approximate surface area is 96.4 Å². The third-order valence-corrected chi connectivity index (χ3v) is 3.25. The first-order valence-corrected chi connectivity index (χ1v) is 6.24. The highest BCUT2D eigenvalue weighted by atomic mass is 32.2. The van der Waals surface area contributed by atoms with Gasteiger partial charge in [0.15, 0.2) is 5.03 Å². The molecular weight excluding hydrogens is 242 g/mol. The molecule has 0 aliphatic rings. The van der Waals surface area contributed by atoms with Crippen molar-refractivity contribution in [3.05, 3.63) is 36.6 Å². The molecular formula is C11H7NO4S. The lowest BCUT2D eigenvalue weighted by Crippen LogP contribution is -1.97. The molecule has 0 atom stereocenters. The van der Waals surface area contributed by atoms with Crippen molar-refractivity contribution in [1.82, 2.24) is 4.98 Å². The summed E-state index contributed by atoms with van der Waals surface area (Å²) < 4.78 is 36.2. The molecule has 0 radical (unpaired) electrons. The van der Waals surface area contributed by atoms with Crippen molar-refractivity contribution in [2.24, 2.45) is 0 Å². The number of benzene rings is 1. The highest BCUT2D eigenvalue weighted by Crippen LogP contribution is 2.26. The number of hydrogen-bond donors (Lipinski definition) is 1. The van der Waals surface area contributed by atoms with Gasteiger partial charge in [-0.05, 0) is 30.3 Å². The third-order valence-electron chi connectivity index (χ3n) is 2.51. The molecule has 6 heteroatoms. The normalized spacial score (nSPS) is 12.3. The van der Waals surface area contributed by atoms with Crippen molar-refractivity contribution in [1.29, 1.82) is 0 Å². The number of hydrogen-bond acceptors (Lipinski definition) is 4. The number of rotatable bonds is 1. The summed E-state index contributed by atoms with van der Waals surface area (Å²) in [4.78, 5) is 3.91. The summed E-state index contributed by atoms with van der Waals surface area (Å²) in [6.45, 7) is 0. The Kier molecular flexibility index (Phi) is 1.98. The van der Waals surface area contributed by atoms with Gasteiger partial charge in [0.05, 0.1) is 11.8 Å². The number of aromatic nitrogens is 1. The largest absolute Gasteiger partial charge is 0.464 e. The Balaban J connectivity index is 2.47. The van der Waals surface area contributed by atoms with Crippen LogP contribution in [0.4, 0.5) is 0 Å². The molecule has 0 aliphatic heterocycles. The highest BCUT2D eigenvalue weighted by molar-refractivity contribution is 7.85. The summed E-state index contributed by atoms with van der Waals surface area (Å²) >= 11 is 0. The van der Waals surface area contributed by atoms with Gasteiger partial charge in [0.1, 0.15) is 5.58 Å². The van der Waals surface area contributed by atoms with Crippen LogP contribution in [0.1, 0.15) is 0 Å². The molecule has 0 saturated carbocycles. The van der Waals surface area contributed by atoms with Gasteiger partial charge in [-0.2, -0.15) is 8.42 Å². The molecule has 1 N–H and O–H groups in total. The van der Waals surface area contributed by atoms with Gasteiger partial charge in [-0.25, -0.2) is 4.98 Å². The predicted octanol–water partition coefficient (Wildman–Crippen LogP) is 2.23. The van der Waals surface area contributed by atoms with Crippen molar-refractivity contribution in [2.45, 2.75) is 5.03 Å². The van der Waals surface area contributed by atoms with Gasteiger partial charge in [0.25, 0.3) is 0 Å². The molecule has 0 unspecified atom stereocenters. The zero-order chi connectivity index (χ0) is 12.0. The minimum atomic E-state index is -4.28. The monoisotopic (exact) mass is 249 g/mol. The molecule has 3 rings (SSSR count). The van der Waals surface area contributed by atoms with Crippen molar-refractivity contribution in [2.75, 3.05) is 0 Å². The molecule has 0 spiro atoms. The van der Waals surface area contributed by atoms with Crippen molar-refractivity contribution in [3.8, 4) is 0 Å². The molecule has 0 bridgehead atoms. The second-order valence-corrected chi connectivity index (χ2v) is 4.97. The Morgan fingerprint density at radius 2 is 2.06 bits per heavy atom. The van der Waals surface area contributed by atoms with E-state index in [4.69, 9.17) is 8.97 Å². The van der Waals surface area contributed by atoms with Crippen LogP contribution in [0, 0.1) is 0 Å². The second-order valence-electron chi connectivity index (χ2n) is 3.60. The van der Waals surface area contributed by atoms with E-state index in [1.807, 2.05) is 0 Å². The second kappa shape index (κ2) is 3.28. The van der Waals surface area contributed by atoms with E-state index in [1.54, 1.807) is 24.3 Å². The predicted molar refractivity (Wildman–Crippen MR) is 61.3 cm³/mol. The fraction of sp³-hybridized carbons (Fsp3) is 0. The van der Waals surface area contributed by atoms with Crippen LogP contribution in [0.2, 0.25) is 0 Å². The third kappa shape index (κ3) is 1.58.